The highest BCUT2D eigenvalue weighted by Crippen LogP contribution is 2.21. The van der Waals surface area contributed by atoms with Gasteiger partial charge in [-0.3, -0.25) is 0 Å². The third-order valence-corrected chi connectivity index (χ3v) is 2.16. The molecule has 1 amide bonds. The minimum atomic E-state index is -1.12. The van der Waals surface area contributed by atoms with Gasteiger partial charge in [-0.15, -0.1) is 0 Å². The minimum Gasteiger partial charge on any atom is -0.468 e. The molecule has 17 heavy (non-hydrogen) atoms. The summed E-state index contributed by atoms with van der Waals surface area (Å²) in [6, 6.07) is 6.46. The van der Waals surface area contributed by atoms with Crippen LogP contribution in [0.3, 0.4) is 0 Å². The number of methoxy groups -OCH3 is 1. The second-order valence-corrected chi connectivity index (χ2v) is 3.24. The summed E-state index contributed by atoms with van der Waals surface area (Å²) in [4.78, 5) is 12.1. The van der Waals surface area contributed by atoms with Crippen LogP contribution in [0.1, 0.15) is 5.76 Å². The van der Waals surface area contributed by atoms with Crippen LogP contribution in [0.4, 0.5) is 10.7 Å². The molecule has 90 valence electrons. The summed E-state index contributed by atoms with van der Waals surface area (Å²) in [6.07, 6.45) is 0.295. The van der Waals surface area contributed by atoms with Gasteiger partial charge in [-0.05, 0) is 12.1 Å². The lowest BCUT2D eigenvalue weighted by molar-refractivity contribution is 0.199. The summed E-state index contributed by atoms with van der Waals surface area (Å²) in [7, 11) is 1.48. The smallest absolute Gasteiger partial charge is 0.414 e. The number of amides is 1. The van der Waals surface area contributed by atoms with E-state index < -0.39 is 6.09 Å². The van der Waals surface area contributed by atoms with Gasteiger partial charge in [0.25, 0.3) is 5.95 Å². The molecule has 2 heterocycles. The van der Waals surface area contributed by atoms with Gasteiger partial charge in [-0.25, -0.2) is 9.69 Å². The fourth-order valence-electron chi connectivity index (χ4n) is 1.37. The number of carbonyl (C=O) groups is 1. The van der Waals surface area contributed by atoms with Crippen molar-refractivity contribution in [2.45, 2.75) is 6.54 Å². The Morgan fingerprint density at radius 1 is 1.47 bits per heavy atom. The monoisotopic (exact) mass is 237 g/mol. The van der Waals surface area contributed by atoms with Crippen LogP contribution in [0.15, 0.2) is 39.4 Å². The topological polar surface area (TPSA) is 76.0 Å². The Bertz CT molecular complexity index is 488. The van der Waals surface area contributed by atoms with Crippen molar-refractivity contribution < 1.29 is 23.5 Å². The molecule has 6 nitrogen and oxygen atoms in total. The Labute approximate surface area is 97.0 Å². The second-order valence-electron chi connectivity index (χ2n) is 3.24. The number of nitrogens with zero attached hydrogens (tertiary/aromatic N) is 1. The molecule has 1 N–H and O–H groups in total. The standard InChI is InChI=1S/C11H11NO5/c1-15-10-5-4-8(17-10)7-12(11(13)14)9-3-2-6-16-9/h2-6H,7H2,1H3,(H,13,14). The first-order valence-corrected chi connectivity index (χ1v) is 4.87. The lowest BCUT2D eigenvalue weighted by Crippen LogP contribution is -2.27. The van der Waals surface area contributed by atoms with Gasteiger partial charge in [0.2, 0.25) is 5.88 Å². The van der Waals surface area contributed by atoms with Gasteiger partial charge in [0.15, 0.2) is 0 Å². The number of furan rings is 2. The normalized spacial score (nSPS) is 10.2. The van der Waals surface area contributed by atoms with E-state index in [-0.39, 0.29) is 12.4 Å². The van der Waals surface area contributed by atoms with Gasteiger partial charge in [0.1, 0.15) is 5.76 Å². The second kappa shape index (κ2) is 4.65. The molecule has 0 aromatic carbocycles. The Hall–Kier alpha value is -2.37. The van der Waals surface area contributed by atoms with Crippen molar-refractivity contribution >= 4 is 12.0 Å². The number of hydrogen-bond acceptors (Lipinski definition) is 4. The summed E-state index contributed by atoms with van der Waals surface area (Å²) in [5, 5.41) is 9.06. The zero-order chi connectivity index (χ0) is 12.3. The van der Waals surface area contributed by atoms with Crippen molar-refractivity contribution in [1.29, 1.82) is 0 Å². The first-order chi connectivity index (χ1) is 8.20. The highest BCUT2D eigenvalue weighted by molar-refractivity contribution is 5.83. The highest BCUT2D eigenvalue weighted by Gasteiger charge is 2.19. The Kier molecular flexibility index (Phi) is 3.04. The molecule has 0 aliphatic carbocycles. The summed E-state index contributed by atoms with van der Waals surface area (Å²) in [6.45, 7) is 0.0617. The SMILES string of the molecule is COc1ccc(CN(C(=O)O)c2ccco2)o1. The van der Waals surface area contributed by atoms with Crippen LogP contribution < -0.4 is 9.64 Å². The molecule has 2 rings (SSSR count). The van der Waals surface area contributed by atoms with Gasteiger partial charge in [-0.1, -0.05) is 0 Å². The molecule has 0 unspecified atom stereocenters. The Balaban J connectivity index is 2.16. The average Bonchev–Trinajstić information content (AvgIpc) is 2.96. The van der Waals surface area contributed by atoms with E-state index in [0.29, 0.717) is 11.7 Å². The van der Waals surface area contributed by atoms with Crippen LogP contribution in [0, 0.1) is 0 Å². The maximum Gasteiger partial charge on any atom is 0.414 e. The summed E-state index contributed by atoms with van der Waals surface area (Å²) >= 11 is 0. The average molecular weight is 237 g/mol. The van der Waals surface area contributed by atoms with E-state index in [0.717, 1.165) is 4.90 Å². The Morgan fingerprint density at radius 3 is 2.82 bits per heavy atom. The quantitative estimate of drug-likeness (QED) is 0.884. The van der Waals surface area contributed by atoms with Gasteiger partial charge in [-0.2, -0.15) is 0 Å². The highest BCUT2D eigenvalue weighted by atomic mass is 16.6. The number of rotatable bonds is 4. The van der Waals surface area contributed by atoms with E-state index in [9.17, 15) is 4.79 Å². The van der Waals surface area contributed by atoms with Gasteiger partial charge in [0.05, 0.1) is 19.9 Å². The molecule has 0 aliphatic rings. The van der Waals surface area contributed by atoms with Crippen LogP contribution in [0.25, 0.3) is 0 Å². The number of hydrogen-bond donors (Lipinski definition) is 1. The van der Waals surface area contributed by atoms with Gasteiger partial charge >= 0.3 is 6.09 Å². The van der Waals surface area contributed by atoms with E-state index in [2.05, 4.69) is 0 Å². The molecule has 0 saturated heterocycles. The maximum absolute atomic E-state index is 11.1. The maximum atomic E-state index is 11.1. The summed E-state index contributed by atoms with van der Waals surface area (Å²) < 4.78 is 15.1. The van der Waals surface area contributed by atoms with E-state index >= 15 is 0 Å². The first kappa shape index (κ1) is 11.1. The third-order valence-electron chi connectivity index (χ3n) is 2.16. The fraction of sp³-hybridized carbons (Fsp3) is 0.182. The summed E-state index contributed by atoms with van der Waals surface area (Å²) in [5.74, 6) is 1.05. The molecule has 0 fully saturated rings. The molecular formula is C11H11NO5. The van der Waals surface area contributed by atoms with E-state index in [1.54, 1.807) is 24.3 Å². The lowest BCUT2D eigenvalue weighted by atomic mass is 10.4. The van der Waals surface area contributed by atoms with Crippen molar-refractivity contribution in [3.05, 3.63) is 36.3 Å². The number of ether oxygens (including phenoxy) is 1. The number of carboxylic acid groups (broad SMARTS) is 1. The zero-order valence-electron chi connectivity index (χ0n) is 9.12. The minimum absolute atomic E-state index is 0.0617. The third kappa shape index (κ3) is 2.41. The van der Waals surface area contributed by atoms with E-state index in [4.69, 9.17) is 18.7 Å². The van der Waals surface area contributed by atoms with E-state index in [1.165, 1.54) is 13.4 Å². The predicted molar refractivity (Wildman–Crippen MR) is 58.2 cm³/mol. The molecule has 2 aromatic heterocycles. The molecule has 6 heteroatoms. The molecular weight excluding hydrogens is 226 g/mol. The van der Waals surface area contributed by atoms with Gasteiger partial charge < -0.3 is 18.7 Å². The summed E-state index contributed by atoms with van der Waals surface area (Å²) in [5.41, 5.74) is 0. The van der Waals surface area contributed by atoms with Crippen LogP contribution in [0.2, 0.25) is 0 Å². The van der Waals surface area contributed by atoms with Crippen LogP contribution in [-0.2, 0) is 6.54 Å². The van der Waals surface area contributed by atoms with Crippen molar-refractivity contribution in [2.75, 3.05) is 12.0 Å². The van der Waals surface area contributed by atoms with Crippen molar-refractivity contribution in [3.8, 4) is 5.95 Å². The zero-order valence-corrected chi connectivity index (χ0v) is 9.12. The lowest BCUT2D eigenvalue weighted by Gasteiger charge is -2.14. The van der Waals surface area contributed by atoms with Gasteiger partial charge in [0, 0.05) is 12.1 Å². The van der Waals surface area contributed by atoms with Crippen molar-refractivity contribution in [3.63, 3.8) is 0 Å². The molecule has 2 aromatic rings. The fourth-order valence-corrected chi connectivity index (χ4v) is 1.37. The van der Waals surface area contributed by atoms with Crippen LogP contribution in [-0.4, -0.2) is 18.3 Å². The first-order valence-electron chi connectivity index (χ1n) is 4.87. The number of anilines is 1. The molecule has 0 saturated carbocycles. The molecule has 0 spiro atoms. The van der Waals surface area contributed by atoms with Crippen molar-refractivity contribution in [1.82, 2.24) is 0 Å². The Morgan fingerprint density at radius 2 is 2.29 bits per heavy atom. The largest absolute Gasteiger partial charge is 0.468 e. The molecule has 0 aliphatic heterocycles. The molecule has 0 radical (unpaired) electrons. The van der Waals surface area contributed by atoms with Crippen LogP contribution in [0.5, 0.6) is 5.95 Å². The molecule has 0 atom stereocenters. The molecule has 0 bridgehead atoms. The van der Waals surface area contributed by atoms with Crippen LogP contribution >= 0.6 is 0 Å². The van der Waals surface area contributed by atoms with E-state index in [1.807, 2.05) is 0 Å². The van der Waals surface area contributed by atoms with Crippen molar-refractivity contribution in [2.24, 2.45) is 0 Å². The predicted octanol–water partition coefficient (Wildman–Crippen LogP) is 2.57.